The third-order valence-electron chi connectivity index (χ3n) is 4.79. The molecule has 1 heterocycles. The van der Waals surface area contributed by atoms with Gasteiger partial charge in [-0.3, -0.25) is 4.79 Å². The van der Waals surface area contributed by atoms with E-state index in [1.54, 1.807) is 18.2 Å². The van der Waals surface area contributed by atoms with Crippen molar-refractivity contribution in [3.63, 3.8) is 0 Å². The first-order valence-electron chi connectivity index (χ1n) is 9.57. The molecule has 0 aliphatic carbocycles. The molecule has 0 aromatic heterocycles. The number of nitrogens with zero attached hydrogens (tertiary/aromatic N) is 1. The topological polar surface area (TPSA) is 60.0 Å². The van der Waals surface area contributed by atoms with E-state index < -0.39 is 17.6 Å². The fourth-order valence-corrected chi connectivity index (χ4v) is 3.19. The fourth-order valence-electron chi connectivity index (χ4n) is 3.19. The van der Waals surface area contributed by atoms with Gasteiger partial charge in [0.15, 0.2) is 0 Å². The Morgan fingerprint density at radius 1 is 1.10 bits per heavy atom. The maximum absolute atomic E-state index is 13.2. The quantitative estimate of drug-likeness (QED) is 0.688. The van der Waals surface area contributed by atoms with Crippen LogP contribution in [0.1, 0.15) is 11.1 Å². The maximum Gasteiger partial charge on any atom is 0.416 e. The summed E-state index contributed by atoms with van der Waals surface area (Å²) in [5.74, 6) is 0.528. The van der Waals surface area contributed by atoms with Crippen molar-refractivity contribution in [2.24, 2.45) is 0 Å². The third-order valence-corrected chi connectivity index (χ3v) is 4.79. The zero-order chi connectivity index (χ0) is 22.4. The lowest BCUT2D eigenvalue weighted by molar-refractivity contribution is -0.137. The van der Waals surface area contributed by atoms with Crippen LogP contribution in [0.2, 0.25) is 0 Å². The normalized spacial score (nSPS) is 14.5. The molecule has 6 nitrogen and oxygen atoms in total. The Balaban J connectivity index is 1.84. The number of ether oxygens (including phenoxy) is 3. The van der Waals surface area contributed by atoms with Crippen LogP contribution in [0.25, 0.3) is 6.08 Å². The van der Waals surface area contributed by atoms with Crippen LogP contribution in [-0.4, -0.2) is 46.4 Å². The highest BCUT2D eigenvalue weighted by Gasteiger charge is 2.31. The van der Waals surface area contributed by atoms with Crippen LogP contribution < -0.4 is 19.7 Å². The molecule has 2 aromatic carbocycles. The van der Waals surface area contributed by atoms with Gasteiger partial charge < -0.3 is 24.4 Å². The molecule has 1 saturated heterocycles. The van der Waals surface area contributed by atoms with Gasteiger partial charge in [-0.25, -0.2) is 0 Å². The van der Waals surface area contributed by atoms with Crippen molar-refractivity contribution >= 4 is 23.4 Å². The summed E-state index contributed by atoms with van der Waals surface area (Å²) in [5, 5.41) is 2.58. The molecule has 1 N–H and O–H groups in total. The largest absolute Gasteiger partial charge is 0.497 e. The van der Waals surface area contributed by atoms with Gasteiger partial charge in [0, 0.05) is 30.8 Å². The number of carbonyl (C=O) groups excluding carboxylic acids is 1. The van der Waals surface area contributed by atoms with Gasteiger partial charge >= 0.3 is 6.18 Å². The van der Waals surface area contributed by atoms with E-state index in [9.17, 15) is 18.0 Å². The van der Waals surface area contributed by atoms with Gasteiger partial charge in [0.1, 0.15) is 11.5 Å². The van der Waals surface area contributed by atoms with Gasteiger partial charge in [0.25, 0.3) is 0 Å². The molecular weight excluding hydrogens is 413 g/mol. The molecule has 0 spiro atoms. The van der Waals surface area contributed by atoms with E-state index in [0.29, 0.717) is 49.1 Å². The number of nitrogens with one attached hydrogen (secondary N) is 1. The van der Waals surface area contributed by atoms with Crippen molar-refractivity contribution in [3.05, 3.63) is 53.6 Å². The summed E-state index contributed by atoms with van der Waals surface area (Å²) in [5.41, 5.74) is 0.393. The van der Waals surface area contributed by atoms with Crippen LogP contribution >= 0.6 is 0 Å². The van der Waals surface area contributed by atoms with Crippen LogP contribution in [0, 0.1) is 0 Å². The minimum absolute atomic E-state index is 0.0908. The fraction of sp³-hybridized carbons (Fsp3) is 0.318. The molecular formula is C22H23F3N2O4. The standard InChI is InChI=1S/C22H23F3N2O4/c1-29-17-6-3-15(20(14-17)30-2)4-8-21(28)26-18-13-16(22(23,24)25)5-7-19(18)27-9-11-31-12-10-27/h3-8,13-14H,9-12H2,1-2H3,(H,26,28)/b8-4+. The van der Waals surface area contributed by atoms with Crippen molar-refractivity contribution < 1.29 is 32.2 Å². The number of amides is 1. The predicted molar refractivity (Wildman–Crippen MR) is 112 cm³/mol. The third kappa shape index (κ3) is 5.69. The summed E-state index contributed by atoms with van der Waals surface area (Å²) in [7, 11) is 3.02. The second-order valence-electron chi connectivity index (χ2n) is 6.76. The van der Waals surface area contributed by atoms with Crippen LogP contribution in [0.3, 0.4) is 0 Å². The number of anilines is 2. The summed E-state index contributed by atoms with van der Waals surface area (Å²) in [6.45, 7) is 1.97. The summed E-state index contributed by atoms with van der Waals surface area (Å²) in [4.78, 5) is 14.4. The molecule has 166 valence electrons. The van der Waals surface area contributed by atoms with Gasteiger partial charge in [-0.2, -0.15) is 13.2 Å². The highest BCUT2D eigenvalue weighted by atomic mass is 19.4. The van der Waals surface area contributed by atoms with Crippen molar-refractivity contribution in [1.29, 1.82) is 0 Å². The summed E-state index contributed by atoms with van der Waals surface area (Å²) in [6, 6.07) is 8.43. The van der Waals surface area contributed by atoms with Gasteiger partial charge in [-0.05, 0) is 36.4 Å². The van der Waals surface area contributed by atoms with Crippen LogP contribution in [-0.2, 0) is 15.7 Å². The zero-order valence-electron chi connectivity index (χ0n) is 17.2. The highest BCUT2D eigenvalue weighted by molar-refractivity contribution is 6.04. The number of morpholine rings is 1. The molecule has 31 heavy (non-hydrogen) atoms. The second-order valence-corrected chi connectivity index (χ2v) is 6.76. The van der Waals surface area contributed by atoms with E-state index in [1.807, 2.05) is 4.90 Å². The van der Waals surface area contributed by atoms with Gasteiger partial charge in [0.2, 0.25) is 5.91 Å². The van der Waals surface area contributed by atoms with E-state index >= 15 is 0 Å². The van der Waals surface area contributed by atoms with E-state index in [-0.39, 0.29) is 5.69 Å². The minimum atomic E-state index is -4.52. The lowest BCUT2D eigenvalue weighted by atomic mass is 10.1. The molecule has 1 aliphatic heterocycles. The molecule has 0 unspecified atom stereocenters. The number of alkyl halides is 3. The van der Waals surface area contributed by atoms with Crippen LogP contribution in [0.15, 0.2) is 42.5 Å². The number of carbonyl (C=O) groups is 1. The number of benzene rings is 2. The Labute approximate surface area is 178 Å². The Morgan fingerprint density at radius 2 is 1.84 bits per heavy atom. The minimum Gasteiger partial charge on any atom is -0.497 e. The number of halogens is 3. The number of hydrogen-bond donors (Lipinski definition) is 1. The first kappa shape index (κ1) is 22.5. The SMILES string of the molecule is COc1ccc(/C=C/C(=O)Nc2cc(C(F)(F)F)ccc2N2CCOCC2)c(OC)c1. The number of hydrogen-bond acceptors (Lipinski definition) is 5. The van der Waals surface area contributed by atoms with Crippen molar-refractivity contribution in [3.8, 4) is 11.5 Å². The van der Waals surface area contributed by atoms with Crippen molar-refractivity contribution in [2.45, 2.75) is 6.18 Å². The van der Waals surface area contributed by atoms with E-state index in [1.165, 1.54) is 32.4 Å². The summed E-state index contributed by atoms with van der Waals surface area (Å²) in [6.07, 6.45) is -1.75. The molecule has 3 rings (SSSR count). The molecule has 9 heteroatoms. The second kappa shape index (κ2) is 9.74. The highest BCUT2D eigenvalue weighted by Crippen LogP contribution is 2.36. The average molecular weight is 436 g/mol. The molecule has 1 fully saturated rings. The number of methoxy groups -OCH3 is 2. The molecule has 2 aromatic rings. The van der Waals surface area contributed by atoms with Crippen molar-refractivity contribution in [1.82, 2.24) is 0 Å². The van der Waals surface area contributed by atoms with E-state index in [0.717, 1.165) is 12.1 Å². The van der Waals surface area contributed by atoms with Crippen LogP contribution in [0.4, 0.5) is 24.5 Å². The zero-order valence-corrected chi connectivity index (χ0v) is 17.2. The lowest BCUT2D eigenvalue weighted by Gasteiger charge is -2.30. The summed E-state index contributed by atoms with van der Waals surface area (Å²) < 4.78 is 55.4. The summed E-state index contributed by atoms with van der Waals surface area (Å²) >= 11 is 0. The molecule has 0 saturated carbocycles. The first-order valence-corrected chi connectivity index (χ1v) is 9.57. The number of rotatable bonds is 6. The Kier molecular flexibility index (Phi) is 7.06. The van der Waals surface area contributed by atoms with Crippen LogP contribution in [0.5, 0.6) is 11.5 Å². The lowest BCUT2D eigenvalue weighted by Crippen LogP contribution is -2.36. The molecule has 1 amide bonds. The molecule has 1 aliphatic rings. The Morgan fingerprint density at radius 3 is 2.48 bits per heavy atom. The van der Waals surface area contributed by atoms with E-state index in [2.05, 4.69) is 5.32 Å². The van der Waals surface area contributed by atoms with Gasteiger partial charge in [-0.15, -0.1) is 0 Å². The smallest absolute Gasteiger partial charge is 0.416 e. The molecule has 0 radical (unpaired) electrons. The van der Waals surface area contributed by atoms with Crippen molar-refractivity contribution in [2.75, 3.05) is 50.7 Å². The Hall–Kier alpha value is -3.20. The Bertz CT molecular complexity index is 954. The van der Waals surface area contributed by atoms with Gasteiger partial charge in [-0.1, -0.05) is 0 Å². The monoisotopic (exact) mass is 436 g/mol. The molecule has 0 bridgehead atoms. The van der Waals surface area contributed by atoms with Gasteiger partial charge in [0.05, 0.1) is 44.4 Å². The maximum atomic E-state index is 13.2. The average Bonchev–Trinajstić information content (AvgIpc) is 2.77. The van der Waals surface area contributed by atoms with E-state index in [4.69, 9.17) is 14.2 Å². The predicted octanol–water partition coefficient (Wildman–Crippen LogP) is 4.21. The first-order chi connectivity index (χ1) is 14.8. The molecule has 0 atom stereocenters.